The van der Waals surface area contributed by atoms with Gasteiger partial charge in [-0.1, -0.05) is 30.3 Å². The minimum absolute atomic E-state index is 0. The van der Waals surface area contributed by atoms with Crippen LogP contribution in [-0.2, 0) is 9.63 Å². The molecular formula is C19H23ClN4O3. The third kappa shape index (κ3) is 5.34. The summed E-state index contributed by atoms with van der Waals surface area (Å²) < 4.78 is 0. The van der Waals surface area contributed by atoms with E-state index in [0.717, 1.165) is 11.3 Å². The summed E-state index contributed by atoms with van der Waals surface area (Å²) in [5.74, 6) is -0.931. The molecule has 8 heteroatoms. The zero-order valence-corrected chi connectivity index (χ0v) is 15.9. The number of benzene rings is 1. The van der Waals surface area contributed by atoms with Crippen LogP contribution in [0.4, 0.5) is 10.5 Å². The number of carbonyl (C=O) groups excluding carboxylic acids is 2. The van der Waals surface area contributed by atoms with Crippen molar-refractivity contribution in [3.05, 3.63) is 60.4 Å². The molecule has 3 rings (SSSR count). The smallest absolute Gasteiger partial charge is 0.350 e. The second-order valence-electron chi connectivity index (χ2n) is 6.14. The molecule has 1 aromatic carbocycles. The first kappa shape index (κ1) is 20.5. The molecule has 144 valence electrons. The molecule has 2 heterocycles. The molecule has 7 nitrogen and oxygen atoms in total. The number of rotatable bonds is 3. The van der Waals surface area contributed by atoms with Gasteiger partial charge in [-0.05, 0) is 24.6 Å². The van der Waals surface area contributed by atoms with Gasteiger partial charge < -0.3 is 14.6 Å². The average molecular weight is 391 g/mol. The van der Waals surface area contributed by atoms with E-state index in [-0.39, 0.29) is 12.4 Å². The first-order valence-electron chi connectivity index (χ1n) is 8.60. The minimum atomic E-state index is -0.486. The number of hydrogen-bond donors (Lipinski definition) is 1. The van der Waals surface area contributed by atoms with Gasteiger partial charge in [-0.25, -0.2) is 9.59 Å². The molecule has 0 saturated carbocycles. The molecule has 1 aliphatic heterocycles. The van der Waals surface area contributed by atoms with E-state index in [1.54, 1.807) is 24.2 Å². The lowest BCUT2D eigenvalue weighted by molar-refractivity contribution is -0.150. The predicted molar refractivity (Wildman–Crippen MR) is 105 cm³/mol. The van der Waals surface area contributed by atoms with Crippen molar-refractivity contribution in [2.75, 3.05) is 31.1 Å². The maximum Gasteiger partial charge on any atom is 0.350 e. The zero-order valence-electron chi connectivity index (χ0n) is 15.1. The van der Waals surface area contributed by atoms with Crippen LogP contribution in [0.15, 0.2) is 54.9 Å². The van der Waals surface area contributed by atoms with E-state index in [0.29, 0.717) is 26.2 Å². The SMILES string of the molecule is CC(C(=O)ONC(=O)N1CCN(c2ccncc2)CC1)c1ccccc1.Cl. The highest BCUT2D eigenvalue weighted by Gasteiger charge is 2.23. The van der Waals surface area contributed by atoms with Gasteiger partial charge in [0.15, 0.2) is 0 Å². The molecule has 27 heavy (non-hydrogen) atoms. The fourth-order valence-electron chi connectivity index (χ4n) is 2.85. The third-order valence-corrected chi connectivity index (χ3v) is 4.49. The van der Waals surface area contributed by atoms with Crippen LogP contribution in [-0.4, -0.2) is 48.1 Å². The lowest BCUT2D eigenvalue weighted by atomic mass is 10.0. The molecule has 0 spiro atoms. The van der Waals surface area contributed by atoms with Crippen LogP contribution in [0.2, 0.25) is 0 Å². The molecule has 2 aromatic rings. The Labute approximate surface area is 164 Å². The Morgan fingerprint density at radius 2 is 1.67 bits per heavy atom. The summed E-state index contributed by atoms with van der Waals surface area (Å²) in [5.41, 5.74) is 4.20. The maximum absolute atomic E-state index is 12.2. The van der Waals surface area contributed by atoms with Crippen LogP contribution in [0.5, 0.6) is 0 Å². The predicted octanol–water partition coefficient (Wildman–Crippen LogP) is 2.60. The van der Waals surface area contributed by atoms with Crippen molar-refractivity contribution in [1.29, 1.82) is 0 Å². The Morgan fingerprint density at radius 3 is 2.30 bits per heavy atom. The Morgan fingerprint density at radius 1 is 1.04 bits per heavy atom. The van der Waals surface area contributed by atoms with E-state index in [9.17, 15) is 9.59 Å². The molecule has 1 N–H and O–H groups in total. The zero-order chi connectivity index (χ0) is 18.4. The average Bonchev–Trinajstić information content (AvgIpc) is 2.72. The minimum Gasteiger partial charge on any atom is -0.368 e. The number of carbonyl (C=O) groups is 2. The van der Waals surface area contributed by atoms with Gasteiger partial charge in [-0.2, -0.15) is 5.48 Å². The number of amides is 2. The van der Waals surface area contributed by atoms with Crippen molar-refractivity contribution in [3.8, 4) is 0 Å². The number of hydrogen-bond acceptors (Lipinski definition) is 5. The number of aromatic nitrogens is 1. The molecule has 1 fully saturated rings. The van der Waals surface area contributed by atoms with Crippen LogP contribution in [0.1, 0.15) is 18.4 Å². The summed E-state index contributed by atoms with van der Waals surface area (Å²) in [7, 11) is 0. The van der Waals surface area contributed by atoms with Crippen LogP contribution in [0.3, 0.4) is 0 Å². The van der Waals surface area contributed by atoms with Gasteiger partial charge in [-0.15, -0.1) is 12.4 Å². The molecule has 0 radical (unpaired) electrons. The summed E-state index contributed by atoms with van der Waals surface area (Å²) in [6.07, 6.45) is 3.50. The lowest BCUT2D eigenvalue weighted by Crippen LogP contribution is -2.52. The maximum atomic E-state index is 12.2. The number of piperazine rings is 1. The lowest BCUT2D eigenvalue weighted by Gasteiger charge is -2.35. The Balaban J connectivity index is 0.00000261. The van der Waals surface area contributed by atoms with E-state index < -0.39 is 17.9 Å². The second-order valence-corrected chi connectivity index (χ2v) is 6.14. The van der Waals surface area contributed by atoms with Crippen LogP contribution < -0.4 is 10.4 Å². The van der Waals surface area contributed by atoms with Crippen molar-refractivity contribution in [3.63, 3.8) is 0 Å². The van der Waals surface area contributed by atoms with E-state index in [1.165, 1.54) is 0 Å². The highest BCUT2D eigenvalue weighted by molar-refractivity contribution is 5.85. The fourth-order valence-corrected chi connectivity index (χ4v) is 2.85. The molecule has 1 unspecified atom stereocenters. The molecule has 1 aliphatic rings. The number of halogens is 1. The van der Waals surface area contributed by atoms with Crippen LogP contribution >= 0.6 is 12.4 Å². The van der Waals surface area contributed by atoms with E-state index in [4.69, 9.17) is 4.84 Å². The second kappa shape index (κ2) is 9.78. The van der Waals surface area contributed by atoms with Gasteiger partial charge >= 0.3 is 12.0 Å². The van der Waals surface area contributed by atoms with Crippen molar-refractivity contribution in [2.45, 2.75) is 12.8 Å². The molecular weight excluding hydrogens is 368 g/mol. The van der Waals surface area contributed by atoms with E-state index >= 15 is 0 Å². The monoisotopic (exact) mass is 390 g/mol. The quantitative estimate of drug-likeness (QED) is 0.815. The summed E-state index contributed by atoms with van der Waals surface area (Å²) in [5, 5.41) is 0. The first-order valence-corrected chi connectivity index (χ1v) is 8.60. The Kier molecular flexibility index (Phi) is 7.43. The molecule has 1 atom stereocenters. The van der Waals surface area contributed by atoms with Crippen LogP contribution in [0.25, 0.3) is 0 Å². The van der Waals surface area contributed by atoms with E-state index in [2.05, 4.69) is 15.4 Å². The molecule has 1 aromatic heterocycles. The number of nitrogens with one attached hydrogen (secondary N) is 1. The molecule has 2 amide bonds. The third-order valence-electron chi connectivity index (χ3n) is 4.49. The molecule has 0 aliphatic carbocycles. The Bertz CT molecular complexity index is 737. The van der Waals surface area contributed by atoms with E-state index in [1.807, 2.05) is 42.5 Å². The highest BCUT2D eigenvalue weighted by atomic mass is 35.5. The normalized spacial score (nSPS) is 14.7. The van der Waals surface area contributed by atoms with Crippen molar-refractivity contribution in [1.82, 2.24) is 15.4 Å². The summed E-state index contributed by atoms with van der Waals surface area (Å²) in [6.45, 7) is 4.29. The van der Waals surface area contributed by atoms with Gasteiger partial charge in [0.25, 0.3) is 0 Å². The standard InChI is InChI=1S/C19H22N4O3.ClH/c1-15(16-5-3-2-4-6-16)18(24)26-21-19(25)23-13-11-22(12-14-23)17-7-9-20-10-8-17;/h2-10,15H,11-14H2,1H3,(H,21,25);1H. The number of hydroxylamine groups is 1. The highest BCUT2D eigenvalue weighted by Crippen LogP contribution is 2.16. The largest absolute Gasteiger partial charge is 0.368 e. The van der Waals surface area contributed by atoms with Crippen molar-refractivity contribution in [2.24, 2.45) is 0 Å². The number of nitrogens with zero attached hydrogens (tertiary/aromatic N) is 3. The van der Waals surface area contributed by atoms with Crippen molar-refractivity contribution < 1.29 is 14.4 Å². The van der Waals surface area contributed by atoms with Crippen LogP contribution in [0, 0.1) is 0 Å². The van der Waals surface area contributed by atoms with Gasteiger partial charge in [0.2, 0.25) is 0 Å². The summed E-state index contributed by atoms with van der Waals surface area (Å²) in [4.78, 5) is 37.1. The van der Waals surface area contributed by atoms with Gasteiger partial charge in [-0.3, -0.25) is 4.98 Å². The van der Waals surface area contributed by atoms with Gasteiger partial charge in [0.05, 0.1) is 5.92 Å². The molecule has 0 bridgehead atoms. The fraction of sp³-hybridized carbons (Fsp3) is 0.316. The summed E-state index contributed by atoms with van der Waals surface area (Å²) in [6, 6.07) is 12.8. The summed E-state index contributed by atoms with van der Waals surface area (Å²) >= 11 is 0. The van der Waals surface area contributed by atoms with Gasteiger partial charge in [0, 0.05) is 44.3 Å². The topological polar surface area (TPSA) is 74.8 Å². The Hall–Kier alpha value is -2.80. The first-order chi connectivity index (χ1) is 12.6. The number of urea groups is 1. The van der Waals surface area contributed by atoms with Crippen molar-refractivity contribution >= 4 is 30.1 Å². The van der Waals surface area contributed by atoms with Gasteiger partial charge in [0.1, 0.15) is 0 Å². The number of anilines is 1. The number of pyridine rings is 1. The molecule has 1 saturated heterocycles.